The highest BCUT2D eigenvalue weighted by Crippen LogP contribution is 2.30. The van der Waals surface area contributed by atoms with Gasteiger partial charge in [-0.25, -0.2) is 8.42 Å². The Morgan fingerprint density at radius 3 is 2.71 bits per heavy atom. The summed E-state index contributed by atoms with van der Waals surface area (Å²) in [5.41, 5.74) is 0. The van der Waals surface area contributed by atoms with E-state index in [2.05, 4.69) is 0 Å². The van der Waals surface area contributed by atoms with Crippen LogP contribution in [0, 0.1) is 5.92 Å². The first kappa shape index (κ1) is 12.8. The van der Waals surface area contributed by atoms with E-state index in [1.807, 2.05) is 0 Å². The smallest absolute Gasteiger partial charge is 0.307 e. The molecule has 0 radical (unpaired) electrons. The Bertz CT molecular complexity index is 539. The maximum absolute atomic E-state index is 12.1. The number of halogens is 1. The van der Waals surface area contributed by atoms with Crippen LogP contribution in [0.4, 0.5) is 0 Å². The summed E-state index contributed by atoms with van der Waals surface area (Å²) in [5.74, 6) is -1.56. The van der Waals surface area contributed by atoms with Crippen LogP contribution in [0.5, 0.6) is 0 Å². The van der Waals surface area contributed by atoms with Crippen molar-refractivity contribution in [3.8, 4) is 0 Å². The minimum Gasteiger partial charge on any atom is -0.481 e. The number of sulfonamides is 1. The van der Waals surface area contributed by atoms with Crippen LogP contribution >= 0.6 is 22.9 Å². The van der Waals surface area contributed by atoms with Crippen molar-refractivity contribution >= 4 is 38.9 Å². The van der Waals surface area contributed by atoms with E-state index in [1.54, 1.807) is 0 Å². The maximum atomic E-state index is 12.1. The zero-order chi connectivity index (χ0) is 12.6. The first-order valence-electron chi connectivity index (χ1n) is 4.89. The number of thiophene rings is 1. The Balaban J connectivity index is 2.21. The van der Waals surface area contributed by atoms with Crippen LogP contribution in [0.15, 0.2) is 16.3 Å². The van der Waals surface area contributed by atoms with Crippen molar-refractivity contribution in [1.82, 2.24) is 4.31 Å². The molecule has 0 amide bonds. The van der Waals surface area contributed by atoms with Crippen LogP contribution in [-0.2, 0) is 14.8 Å². The minimum atomic E-state index is -3.58. The molecule has 0 aliphatic carbocycles. The van der Waals surface area contributed by atoms with E-state index in [9.17, 15) is 13.2 Å². The molecule has 0 spiro atoms. The molecule has 1 N–H and O–H groups in total. The Morgan fingerprint density at radius 1 is 1.53 bits per heavy atom. The van der Waals surface area contributed by atoms with Gasteiger partial charge in [0, 0.05) is 13.1 Å². The van der Waals surface area contributed by atoms with Gasteiger partial charge in [0.05, 0.1) is 10.3 Å². The van der Waals surface area contributed by atoms with E-state index in [0.717, 1.165) is 11.3 Å². The molecule has 0 bridgehead atoms. The SMILES string of the molecule is O=C(O)[C@@H]1CCN(S(=O)(=O)c2ccc(Cl)s2)C1. The average molecular weight is 296 g/mol. The highest BCUT2D eigenvalue weighted by molar-refractivity contribution is 7.91. The molecule has 1 fully saturated rings. The molecule has 1 aliphatic heterocycles. The number of hydrogen-bond donors (Lipinski definition) is 1. The van der Waals surface area contributed by atoms with Gasteiger partial charge in [0.1, 0.15) is 4.21 Å². The molecule has 0 aromatic carbocycles. The van der Waals surface area contributed by atoms with E-state index in [4.69, 9.17) is 16.7 Å². The van der Waals surface area contributed by atoms with E-state index < -0.39 is 21.9 Å². The van der Waals surface area contributed by atoms with Crippen molar-refractivity contribution in [3.63, 3.8) is 0 Å². The Labute approximate surface area is 108 Å². The first-order chi connectivity index (χ1) is 7.91. The van der Waals surface area contributed by atoms with Gasteiger partial charge in [0.15, 0.2) is 0 Å². The lowest BCUT2D eigenvalue weighted by atomic mass is 10.1. The molecule has 1 atom stereocenters. The van der Waals surface area contributed by atoms with E-state index >= 15 is 0 Å². The fourth-order valence-electron chi connectivity index (χ4n) is 1.71. The van der Waals surface area contributed by atoms with E-state index in [1.165, 1.54) is 16.4 Å². The highest BCUT2D eigenvalue weighted by atomic mass is 35.5. The zero-order valence-corrected chi connectivity index (χ0v) is 11.1. The molecule has 1 aromatic rings. The third-order valence-corrected chi connectivity index (χ3v) is 6.21. The second-order valence-electron chi connectivity index (χ2n) is 3.75. The molecule has 1 saturated heterocycles. The molecule has 1 aromatic heterocycles. The first-order valence-corrected chi connectivity index (χ1v) is 7.53. The lowest BCUT2D eigenvalue weighted by Crippen LogP contribution is -2.29. The Kier molecular flexibility index (Phi) is 3.44. The predicted molar refractivity (Wildman–Crippen MR) is 63.8 cm³/mol. The summed E-state index contributed by atoms with van der Waals surface area (Å²) in [6, 6.07) is 2.96. The summed E-state index contributed by atoms with van der Waals surface area (Å²) in [6.07, 6.45) is 0.355. The molecule has 2 heterocycles. The normalized spacial score (nSPS) is 21.8. The minimum absolute atomic E-state index is 0.0349. The van der Waals surface area contributed by atoms with Gasteiger partial charge in [-0.2, -0.15) is 4.31 Å². The number of aliphatic carboxylic acids is 1. The number of hydrogen-bond acceptors (Lipinski definition) is 4. The number of carboxylic acids is 1. The lowest BCUT2D eigenvalue weighted by molar-refractivity contribution is -0.141. The summed E-state index contributed by atoms with van der Waals surface area (Å²) in [4.78, 5) is 10.8. The molecular formula is C9H10ClNO4S2. The quantitative estimate of drug-likeness (QED) is 0.917. The summed E-state index contributed by atoms with van der Waals surface area (Å²) in [7, 11) is -3.58. The Morgan fingerprint density at radius 2 is 2.24 bits per heavy atom. The molecule has 5 nitrogen and oxygen atoms in total. The van der Waals surface area contributed by atoms with Crippen molar-refractivity contribution < 1.29 is 18.3 Å². The number of carboxylic acid groups (broad SMARTS) is 1. The van der Waals surface area contributed by atoms with Crippen LogP contribution < -0.4 is 0 Å². The largest absolute Gasteiger partial charge is 0.481 e. The number of nitrogens with zero attached hydrogens (tertiary/aromatic N) is 1. The van der Waals surface area contributed by atoms with Crippen molar-refractivity contribution in [3.05, 3.63) is 16.5 Å². The van der Waals surface area contributed by atoms with Crippen molar-refractivity contribution in [2.24, 2.45) is 5.92 Å². The standard InChI is InChI=1S/C9H10ClNO4S2/c10-7-1-2-8(16-7)17(14,15)11-4-3-6(5-11)9(12)13/h1-2,6H,3-5H2,(H,12,13)/t6-/m1/s1. The molecule has 17 heavy (non-hydrogen) atoms. The molecule has 1 aliphatic rings. The van der Waals surface area contributed by atoms with Crippen molar-refractivity contribution in [2.75, 3.05) is 13.1 Å². The van der Waals surface area contributed by atoms with E-state index in [0.29, 0.717) is 10.8 Å². The second-order valence-corrected chi connectivity index (χ2v) is 7.63. The third-order valence-electron chi connectivity index (χ3n) is 2.64. The molecule has 0 unspecified atom stereocenters. The maximum Gasteiger partial charge on any atom is 0.307 e. The zero-order valence-electron chi connectivity index (χ0n) is 8.67. The summed E-state index contributed by atoms with van der Waals surface area (Å²) in [6.45, 7) is 0.280. The van der Waals surface area contributed by atoms with Gasteiger partial charge in [-0.05, 0) is 18.6 Å². The summed E-state index contributed by atoms with van der Waals surface area (Å²) >= 11 is 6.67. The molecule has 2 rings (SSSR count). The van der Waals surface area contributed by atoms with Crippen molar-refractivity contribution in [1.29, 1.82) is 0 Å². The highest BCUT2D eigenvalue weighted by Gasteiger charge is 2.36. The molecule has 0 saturated carbocycles. The predicted octanol–water partition coefficient (Wildman–Crippen LogP) is 1.50. The average Bonchev–Trinajstić information content (AvgIpc) is 2.85. The van der Waals surface area contributed by atoms with Crippen molar-refractivity contribution in [2.45, 2.75) is 10.6 Å². The van der Waals surface area contributed by atoms with Gasteiger partial charge in [-0.3, -0.25) is 4.79 Å². The van der Waals surface area contributed by atoms with Crippen LogP contribution in [0.2, 0.25) is 4.34 Å². The molecule has 94 valence electrons. The van der Waals surface area contributed by atoms with Gasteiger partial charge in [0.2, 0.25) is 0 Å². The van der Waals surface area contributed by atoms with Crippen LogP contribution in [0.1, 0.15) is 6.42 Å². The van der Waals surface area contributed by atoms with Gasteiger partial charge < -0.3 is 5.11 Å². The second kappa shape index (κ2) is 4.56. The summed E-state index contributed by atoms with van der Waals surface area (Å²) in [5, 5.41) is 8.83. The number of carbonyl (C=O) groups is 1. The van der Waals surface area contributed by atoms with Gasteiger partial charge in [0.25, 0.3) is 10.0 Å². The number of rotatable bonds is 3. The fraction of sp³-hybridized carbons (Fsp3) is 0.444. The van der Waals surface area contributed by atoms with Crippen LogP contribution in [0.3, 0.4) is 0 Å². The monoisotopic (exact) mass is 295 g/mol. The van der Waals surface area contributed by atoms with Gasteiger partial charge in [-0.1, -0.05) is 11.6 Å². The summed E-state index contributed by atoms with van der Waals surface area (Å²) < 4.78 is 26.0. The lowest BCUT2D eigenvalue weighted by Gasteiger charge is -2.14. The van der Waals surface area contributed by atoms with Crippen LogP contribution in [-0.4, -0.2) is 36.9 Å². The third kappa shape index (κ3) is 2.47. The fourth-order valence-corrected chi connectivity index (χ4v) is 4.85. The van der Waals surface area contributed by atoms with Crippen LogP contribution in [0.25, 0.3) is 0 Å². The van der Waals surface area contributed by atoms with Gasteiger partial charge >= 0.3 is 5.97 Å². The molecular weight excluding hydrogens is 286 g/mol. The van der Waals surface area contributed by atoms with E-state index in [-0.39, 0.29) is 17.3 Å². The molecule has 8 heteroatoms. The topological polar surface area (TPSA) is 74.7 Å². The van der Waals surface area contributed by atoms with Gasteiger partial charge in [-0.15, -0.1) is 11.3 Å². The Hall–Kier alpha value is -0.630.